The molecule has 0 aliphatic carbocycles. The number of aromatic nitrogens is 2. The van der Waals surface area contributed by atoms with Crippen LogP contribution in [0.25, 0.3) is 16.9 Å². The Kier molecular flexibility index (Phi) is 7.68. The van der Waals surface area contributed by atoms with Gasteiger partial charge in [0.1, 0.15) is 12.4 Å². The van der Waals surface area contributed by atoms with E-state index < -0.39 is 0 Å². The molecule has 0 radical (unpaired) electrons. The maximum absolute atomic E-state index is 13.9. The minimum atomic E-state index is -0.253. The number of nitrogens with one attached hydrogen (secondary N) is 1. The van der Waals surface area contributed by atoms with Crippen LogP contribution in [-0.2, 0) is 9.59 Å². The lowest BCUT2D eigenvalue weighted by molar-refractivity contribution is -0.123. The van der Waals surface area contributed by atoms with Crippen LogP contribution >= 0.6 is 11.8 Å². The Bertz CT molecular complexity index is 1650. The van der Waals surface area contributed by atoms with Gasteiger partial charge < -0.3 is 14.8 Å². The lowest BCUT2D eigenvalue weighted by Crippen LogP contribution is -2.43. The Labute approximate surface area is 250 Å². The molecule has 8 nitrogen and oxygen atoms in total. The van der Waals surface area contributed by atoms with Gasteiger partial charge in [-0.15, -0.1) is 11.8 Å². The molecule has 0 saturated heterocycles. The molecule has 1 aromatic heterocycles. The van der Waals surface area contributed by atoms with Crippen molar-refractivity contribution in [2.45, 2.75) is 32.9 Å². The molecular formula is C33H34N4O4S. The van der Waals surface area contributed by atoms with Crippen molar-refractivity contribution in [2.24, 2.45) is 5.92 Å². The Hall–Kier alpha value is -4.24. The van der Waals surface area contributed by atoms with E-state index in [2.05, 4.69) is 18.3 Å². The van der Waals surface area contributed by atoms with E-state index in [0.29, 0.717) is 29.8 Å². The van der Waals surface area contributed by atoms with Gasteiger partial charge in [0.2, 0.25) is 18.6 Å². The molecule has 0 bridgehead atoms. The Morgan fingerprint density at radius 2 is 1.83 bits per heavy atom. The molecule has 0 fully saturated rings. The van der Waals surface area contributed by atoms with Crippen molar-refractivity contribution in [3.05, 3.63) is 89.0 Å². The number of amides is 2. The SMILES string of the molecule is Cc1ccc(-n2nc(-c3ccccc3)c3c2N(CC(=O)NCC(C)C)C(=O)CS[C@@H]3c2ccc3c(c2)OCO3)c(C)c1. The summed E-state index contributed by atoms with van der Waals surface area (Å²) in [5.41, 5.74) is 6.57. The van der Waals surface area contributed by atoms with Crippen molar-refractivity contribution >= 4 is 29.4 Å². The van der Waals surface area contributed by atoms with Crippen molar-refractivity contribution in [1.29, 1.82) is 0 Å². The van der Waals surface area contributed by atoms with Gasteiger partial charge >= 0.3 is 0 Å². The fraction of sp³-hybridized carbons (Fsp3) is 0.303. The zero-order valence-electron chi connectivity index (χ0n) is 24.2. The van der Waals surface area contributed by atoms with Crippen molar-refractivity contribution in [3.63, 3.8) is 0 Å². The number of hydrogen-bond donors (Lipinski definition) is 1. The number of benzene rings is 3. The van der Waals surface area contributed by atoms with E-state index >= 15 is 0 Å². The molecule has 2 aliphatic heterocycles. The third-order valence-corrected chi connectivity index (χ3v) is 8.68. The first-order valence-electron chi connectivity index (χ1n) is 14.1. The molecule has 0 unspecified atom stereocenters. The molecule has 2 aliphatic rings. The van der Waals surface area contributed by atoms with Gasteiger partial charge in [0.05, 0.1) is 22.4 Å². The smallest absolute Gasteiger partial charge is 0.240 e. The first-order valence-corrected chi connectivity index (χ1v) is 15.2. The summed E-state index contributed by atoms with van der Waals surface area (Å²) in [6.45, 7) is 8.80. The molecule has 6 rings (SSSR count). The number of carbonyl (C=O) groups is 2. The normalized spacial score (nSPS) is 16.0. The molecule has 216 valence electrons. The van der Waals surface area contributed by atoms with Crippen LogP contribution in [0.3, 0.4) is 0 Å². The highest BCUT2D eigenvalue weighted by Crippen LogP contribution is 2.50. The average molecular weight is 583 g/mol. The number of hydrogen-bond acceptors (Lipinski definition) is 6. The summed E-state index contributed by atoms with van der Waals surface area (Å²) in [5, 5.41) is 7.94. The highest BCUT2D eigenvalue weighted by molar-refractivity contribution is 8.00. The van der Waals surface area contributed by atoms with Crippen LogP contribution in [0.2, 0.25) is 0 Å². The fourth-order valence-electron chi connectivity index (χ4n) is 5.40. The summed E-state index contributed by atoms with van der Waals surface area (Å²) in [5.74, 6) is 2.13. The number of aryl methyl sites for hydroxylation is 2. The topological polar surface area (TPSA) is 85.7 Å². The highest BCUT2D eigenvalue weighted by atomic mass is 32.2. The van der Waals surface area contributed by atoms with Crippen molar-refractivity contribution in [2.75, 3.05) is 30.5 Å². The van der Waals surface area contributed by atoms with Crippen molar-refractivity contribution in [3.8, 4) is 28.4 Å². The molecular weight excluding hydrogens is 548 g/mol. The maximum atomic E-state index is 13.9. The number of ether oxygens (including phenoxy) is 2. The van der Waals surface area contributed by atoms with Gasteiger partial charge in [0.25, 0.3) is 0 Å². The van der Waals surface area contributed by atoms with Crippen LogP contribution in [0, 0.1) is 19.8 Å². The van der Waals surface area contributed by atoms with Crippen LogP contribution in [0.1, 0.15) is 41.4 Å². The maximum Gasteiger partial charge on any atom is 0.240 e. The number of rotatable bonds is 7. The minimum absolute atomic E-state index is 0.0994. The minimum Gasteiger partial charge on any atom is -0.454 e. The van der Waals surface area contributed by atoms with Gasteiger partial charge in [0.15, 0.2) is 11.5 Å². The van der Waals surface area contributed by atoms with Crippen LogP contribution < -0.4 is 19.7 Å². The van der Waals surface area contributed by atoms with E-state index in [0.717, 1.165) is 39.2 Å². The highest BCUT2D eigenvalue weighted by Gasteiger charge is 2.38. The summed E-state index contributed by atoms with van der Waals surface area (Å²) >= 11 is 1.53. The first-order chi connectivity index (χ1) is 20.3. The first kappa shape index (κ1) is 27.9. The number of anilines is 1. The lowest BCUT2D eigenvalue weighted by atomic mass is 9.99. The van der Waals surface area contributed by atoms with Gasteiger partial charge in [-0.2, -0.15) is 5.10 Å². The van der Waals surface area contributed by atoms with Gasteiger partial charge in [0, 0.05) is 17.7 Å². The fourth-order valence-corrected chi connectivity index (χ4v) is 6.58. The molecule has 42 heavy (non-hydrogen) atoms. The second kappa shape index (κ2) is 11.6. The molecule has 0 spiro atoms. The van der Waals surface area contributed by atoms with Crippen molar-refractivity contribution in [1.82, 2.24) is 15.1 Å². The number of thioether (sulfide) groups is 1. The number of fused-ring (bicyclic) bond motifs is 2. The lowest BCUT2D eigenvalue weighted by Gasteiger charge is -2.24. The second-order valence-corrected chi connectivity index (χ2v) is 12.2. The standard InChI is InChI=1S/C33H34N4O4S/c1-20(2)16-34-28(38)17-36-29(39)18-42-32(24-11-13-26-27(15-24)41-19-40-26)30-31(23-8-6-5-7-9-23)35-37(33(30)36)25-12-10-21(3)14-22(25)4/h5-15,20,32H,16-19H2,1-4H3,(H,34,38)/t32-/m1/s1. The molecule has 1 N–H and O–H groups in total. The molecule has 1 atom stereocenters. The van der Waals surface area contributed by atoms with Crippen LogP contribution in [0.4, 0.5) is 5.82 Å². The number of carbonyl (C=O) groups excluding carboxylic acids is 2. The number of nitrogens with zero attached hydrogens (tertiary/aromatic N) is 3. The van der Waals surface area contributed by atoms with E-state index in [4.69, 9.17) is 14.6 Å². The second-order valence-electron chi connectivity index (χ2n) is 11.1. The summed E-state index contributed by atoms with van der Waals surface area (Å²) < 4.78 is 13.2. The summed E-state index contributed by atoms with van der Waals surface area (Å²) in [6, 6.07) is 22.1. The third kappa shape index (κ3) is 5.36. The molecule has 9 heteroatoms. The Morgan fingerprint density at radius 3 is 2.60 bits per heavy atom. The zero-order chi connectivity index (χ0) is 29.4. The summed E-state index contributed by atoms with van der Waals surface area (Å²) in [6.07, 6.45) is 0. The van der Waals surface area contributed by atoms with Gasteiger partial charge in [-0.25, -0.2) is 4.68 Å². The predicted octanol–water partition coefficient (Wildman–Crippen LogP) is 5.83. The quantitative estimate of drug-likeness (QED) is 0.295. The van der Waals surface area contributed by atoms with Crippen molar-refractivity contribution < 1.29 is 19.1 Å². The van der Waals surface area contributed by atoms with Gasteiger partial charge in [-0.1, -0.05) is 67.9 Å². The molecule has 3 aromatic carbocycles. The summed E-state index contributed by atoms with van der Waals surface area (Å²) in [4.78, 5) is 28.8. The molecule has 2 amide bonds. The third-order valence-electron chi connectivity index (χ3n) is 7.43. The Balaban J connectivity index is 1.60. The van der Waals surface area contributed by atoms with Crippen LogP contribution in [0.5, 0.6) is 11.5 Å². The average Bonchev–Trinajstić information content (AvgIpc) is 3.57. The van der Waals surface area contributed by atoms with Crippen LogP contribution in [0.15, 0.2) is 66.7 Å². The zero-order valence-corrected chi connectivity index (χ0v) is 25.0. The summed E-state index contributed by atoms with van der Waals surface area (Å²) in [7, 11) is 0. The van der Waals surface area contributed by atoms with E-state index in [1.807, 2.05) is 86.1 Å². The van der Waals surface area contributed by atoms with Gasteiger partial charge in [-0.3, -0.25) is 14.5 Å². The largest absolute Gasteiger partial charge is 0.454 e. The monoisotopic (exact) mass is 582 g/mol. The molecule has 4 aromatic rings. The predicted molar refractivity (Wildman–Crippen MR) is 166 cm³/mol. The van der Waals surface area contributed by atoms with E-state index in [1.54, 1.807) is 4.90 Å². The molecule has 3 heterocycles. The van der Waals surface area contributed by atoms with Gasteiger partial charge in [-0.05, 0) is 49.1 Å². The van der Waals surface area contributed by atoms with E-state index in [9.17, 15) is 9.59 Å². The Morgan fingerprint density at radius 1 is 1.05 bits per heavy atom. The van der Waals surface area contributed by atoms with E-state index in [-0.39, 0.29) is 36.2 Å². The van der Waals surface area contributed by atoms with E-state index in [1.165, 1.54) is 11.8 Å². The van der Waals surface area contributed by atoms with Crippen LogP contribution in [-0.4, -0.2) is 47.2 Å². The molecule has 0 saturated carbocycles.